The molecule has 0 aromatic heterocycles. The third kappa shape index (κ3) is 4.63. The molecule has 152 valence electrons. The van der Waals surface area contributed by atoms with Crippen LogP contribution in [0.25, 0.3) is 0 Å². The predicted octanol–water partition coefficient (Wildman–Crippen LogP) is 3.52. The number of hydrogen-bond donors (Lipinski definition) is 1. The number of aliphatic hydroxyl groups is 1. The van der Waals surface area contributed by atoms with Gasteiger partial charge in [-0.15, -0.1) is 0 Å². The van der Waals surface area contributed by atoms with E-state index < -0.39 is 33.8 Å². The summed E-state index contributed by atoms with van der Waals surface area (Å²) >= 11 is 5.56. The summed E-state index contributed by atoms with van der Waals surface area (Å²) in [7, 11) is -3.93. The lowest BCUT2D eigenvalue weighted by Gasteiger charge is -2.37. The van der Waals surface area contributed by atoms with Gasteiger partial charge in [0, 0.05) is 25.1 Å². The van der Waals surface area contributed by atoms with Gasteiger partial charge in [0.15, 0.2) is 0 Å². The summed E-state index contributed by atoms with van der Waals surface area (Å²) in [6.45, 7) is 1.99. The first-order valence-corrected chi connectivity index (χ1v) is 10.5. The van der Waals surface area contributed by atoms with E-state index in [0.29, 0.717) is 13.0 Å². The molecule has 0 radical (unpaired) electrons. The van der Waals surface area contributed by atoms with Gasteiger partial charge in [-0.05, 0) is 31.5 Å². The van der Waals surface area contributed by atoms with E-state index in [0.717, 1.165) is 17.7 Å². The normalized spacial score (nSPS) is 20.4. The zero-order valence-electron chi connectivity index (χ0n) is 15.1. The molecule has 0 spiro atoms. The second kappa shape index (κ2) is 8.32. The quantitative estimate of drug-likeness (QED) is 0.579. The Morgan fingerprint density at radius 3 is 2.54 bits per heavy atom. The molecule has 2 aromatic rings. The number of aliphatic hydroxyl groups excluding tert-OH is 1. The Kier molecular flexibility index (Phi) is 6.24. The molecule has 1 aliphatic rings. The first-order valence-electron chi connectivity index (χ1n) is 8.71. The molecule has 9 heteroatoms. The monoisotopic (exact) mass is 431 g/mol. The number of hydrogen-bond acceptors (Lipinski definition) is 5. The standard InChI is InChI=1S/C19H20ClF2NO4S/c1-12-2-4-14(5-3-12)28(25,26)27-11-13-6-7-23(10-19(13)24)18-9-16(21)15(20)8-17(18)22/h2-5,8-9,13,19,24H,6-7,10-11H2,1H3/t13-,19+/m1/s1. The van der Waals surface area contributed by atoms with E-state index in [-0.39, 0.29) is 28.8 Å². The number of β-amino-alcohol motifs (C(OH)–C–C–N with tert-alkyl or cyclic N) is 1. The summed E-state index contributed by atoms with van der Waals surface area (Å²) in [5.41, 5.74) is 0.931. The molecule has 0 aliphatic carbocycles. The number of nitrogens with zero attached hydrogens (tertiary/aromatic N) is 1. The van der Waals surface area contributed by atoms with Gasteiger partial charge in [-0.3, -0.25) is 4.18 Å². The molecule has 1 saturated heterocycles. The van der Waals surface area contributed by atoms with Crippen molar-refractivity contribution in [3.8, 4) is 0 Å². The molecular formula is C19H20ClF2NO4S. The van der Waals surface area contributed by atoms with Crippen LogP contribution in [-0.4, -0.2) is 39.3 Å². The number of benzene rings is 2. The fourth-order valence-corrected chi connectivity index (χ4v) is 4.21. The maximum absolute atomic E-state index is 14.1. The van der Waals surface area contributed by atoms with Crippen LogP contribution in [0.3, 0.4) is 0 Å². The van der Waals surface area contributed by atoms with Gasteiger partial charge in [-0.2, -0.15) is 8.42 Å². The second-order valence-corrected chi connectivity index (χ2v) is 8.85. The van der Waals surface area contributed by atoms with Crippen LogP contribution in [-0.2, 0) is 14.3 Å². The summed E-state index contributed by atoms with van der Waals surface area (Å²) < 4.78 is 57.4. The third-order valence-corrected chi connectivity index (χ3v) is 6.38. The molecule has 1 aliphatic heterocycles. The van der Waals surface area contributed by atoms with Crippen LogP contribution in [0.15, 0.2) is 41.3 Å². The van der Waals surface area contributed by atoms with Gasteiger partial charge in [-0.25, -0.2) is 8.78 Å². The summed E-state index contributed by atoms with van der Waals surface area (Å²) in [6, 6.07) is 8.14. The highest BCUT2D eigenvalue weighted by atomic mass is 35.5. The van der Waals surface area contributed by atoms with Crippen molar-refractivity contribution >= 4 is 27.4 Å². The average Bonchev–Trinajstić information content (AvgIpc) is 2.64. The van der Waals surface area contributed by atoms with Crippen LogP contribution in [0, 0.1) is 24.5 Å². The molecule has 5 nitrogen and oxygen atoms in total. The summed E-state index contributed by atoms with van der Waals surface area (Å²) in [5.74, 6) is -1.88. The van der Waals surface area contributed by atoms with Gasteiger partial charge < -0.3 is 10.0 Å². The Morgan fingerprint density at radius 2 is 1.89 bits per heavy atom. The molecule has 3 rings (SSSR count). The smallest absolute Gasteiger partial charge is 0.296 e. The lowest BCUT2D eigenvalue weighted by atomic mass is 9.94. The van der Waals surface area contributed by atoms with E-state index in [1.807, 2.05) is 6.92 Å². The minimum absolute atomic E-state index is 0.00703. The highest BCUT2D eigenvalue weighted by Crippen LogP contribution is 2.30. The molecule has 2 atom stereocenters. The highest BCUT2D eigenvalue weighted by molar-refractivity contribution is 7.86. The highest BCUT2D eigenvalue weighted by Gasteiger charge is 2.31. The summed E-state index contributed by atoms with van der Waals surface area (Å²) in [4.78, 5) is 1.55. The lowest BCUT2D eigenvalue weighted by molar-refractivity contribution is 0.0634. The Hall–Kier alpha value is -1.74. The number of piperidine rings is 1. The SMILES string of the molecule is Cc1ccc(S(=O)(=O)OC[C@H]2CCN(c3cc(F)c(Cl)cc3F)C[C@@H]2O)cc1. The topological polar surface area (TPSA) is 66.8 Å². The van der Waals surface area contributed by atoms with Gasteiger partial charge in [0.1, 0.15) is 11.6 Å². The molecule has 2 aromatic carbocycles. The number of rotatable bonds is 5. The van der Waals surface area contributed by atoms with Crippen molar-refractivity contribution in [3.63, 3.8) is 0 Å². The number of anilines is 1. The Labute approximate surface area is 167 Å². The molecule has 0 bridgehead atoms. The van der Waals surface area contributed by atoms with Crippen molar-refractivity contribution in [1.29, 1.82) is 0 Å². The van der Waals surface area contributed by atoms with Gasteiger partial charge in [0.2, 0.25) is 0 Å². The van der Waals surface area contributed by atoms with Crippen LogP contribution < -0.4 is 4.90 Å². The Morgan fingerprint density at radius 1 is 1.21 bits per heavy atom. The molecule has 0 saturated carbocycles. The molecule has 1 N–H and O–H groups in total. The van der Waals surface area contributed by atoms with Gasteiger partial charge >= 0.3 is 0 Å². The molecule has 0 unspecified atom stereocenters. The number of halogens is 3. The van der Waals surface area contributed by atoms with E-state index in [1.165, 1.54) is 17.0 Å². The van der Waals surface area contributed by atoms with Crippen molar-refractivity contribution in [2.75, 3.05) is 24.6 Å². The molecule has 28 heavy (non-hydrogen) atoms. The van der Waals surface area contributed by atoms with E-state index in [2.05, 4.69) is 0 Å². The van der Waals surface area contributed by atoms with Gasteiger partial charge in [0.05, 0.1) is 28.3 Å². The fourth-order valence-electron chi connectivity index (χ4n) is 3.10. The van der Waals surface area contributed by atoms with E-state index in [4.69, 9.17) is 15.8 Å². The van der Waals surface area contributed by atoms with Gasteiger partial charge in [-0.1, -0.05) is 29.3 Å². The second-order valence-electron chi connectivity index (χ2n) is 6.83. The Balaban J connectivity index is 1.63. The van der Waals surface area contributed by atoms with Gasteiger partial charge in [0.25, 0.3) is 10.1 Å². The van der Waals surface area contributed by atoms with Crippen molar-refractivity contribution in [1.82, 2.24) is 0 Å². The zero-order chi connectivity index (χ0) is 20.5. The average molecular weight is 432 g/mol. The zero-order valence-corrected chi connectivity index (χ0v) is 16.7. The van der Waals surface area contributed by atoms with E-state index in [9.17, 15) is 22.3 Å². The molecular weight excluding hydrogens is 412 g/mol. The lowest BCUT2D eigenvalue weighted by Crippen LogP contribution is -2.46. The Bertz CT molecular complexity index is 953. The van der Waals surface area contributed by atoms with Crippen LogP contribution in [0.1, 0.15) is 12.0 Å². The first kappa shape index (κ1) is 21.0. The number of aryl methyl sites for hydroxylation is 1. The first-order chi connectivity index (χ1) is 13.2. The van der Waals surface area contributed by atoms with Crippen molar-refractivity contribution in [2.45, 2.75) is 24.3 Å². The largest absolute Gasteiger partial charge is 0.391 e. The summed E-state index contributed by atoms with van der Waals surface area (Å²) in [5, 5.41) is 10.0. The van der Waals surface area contributed by atoms with Crippen LogP contribution in [0.2, 0.25) is 5.02 Å². The maximum Gasteiger partial charge on any atom is 0.296 e. The molecule has 0 amide bonds. The van der Waals surface area contributed by atoms with Crippen LogP contribution in [0.5, 0.6) is 0 Å². The van der Waals surface area contributed by atoms with E-state index >= 15 is 0 Å². The minimum atomic E-state index is -3.93. The predicted molar refractivity (Wildman–Crippen MR) is 102 cm³/mol. The summed E-state index contributed by atoms with van der Waals surface area (Å²) in [6.07, 6.45) is -0.603. The molecule has 1 fully saturated rings. The van der Waals surface area contributed by atoms with Crippen molar-refractivity contribution in [2.24, 2.45) is 5.92 Å². The molecule has 1 heterocycles. The third-order valence-electron chi connectivity index (χ3n) is 4.80. The fraction of sp³-hybridized carbons (Fsp3) is 0.368. The minimum Gasteiger partial charge on any atom is -0.391 e. The van der Waals surface area contributed by atoms with Crippen molar-refractivity contribution in [3.05, 3.63) is 58.6 Å². The van der Waals surface area contributed by atoms with Crippen molar-refractivity contribution < 1.29 is 26.5 Å². The van der Waals surface area contributed by atoms with Crippen LogP contribution >= 0.6 is 11.6 Å². The van der Waals surface area contributed by atoms with Crippen LogP contribution in [0.4, 0.5) is 14.5 Å². The maximum atomic E-state index is 14.1. The van der Waals surface area contributed by atoms with E-state index in [1.54, 1.807) is 12.1 Å².